The summed E-state index contributed by atoms with van der Waals surface area (Å²) in [7, 11) is -3.95. The van der Waals surface area contributed by atoms with Gasteiger partial charge in [0.05, 0.1) is 22.9 Å². The summed E-state index contributed by atoms with van der Waals surface area (Å²) in [6.45, 7) is 0. The van der Waals surface area contributed by atoms with Crippen molar-refractivity contribution in [2.75, 3.05) is 0 Å². The van der Waals surface area contributed by atoms with Crippen molar-refractivity contribution in [1.82, 2.24) is 0 Å². The lowest BCUT2D eigenvalue weighted by Crippen LogP contribution is -2.10. The first kappa shape index (κ1) is 17.7. The van der Waals surface area contributed by atoms with Crippen molar-refractivity contribution in [2.45, 2.75) is 4.90 Å². The summed E-state index contributed by atoms with van der Waals surface area (Å²) in [6, 6.07) is 7.87. The van der Waals surface area contributed by atoms with Crippen LogP contribution in [0.2, 0.25) is 5.02 Å². The zero-order valence-electron chi connectivity index (χ0n) is 9.91. The fraction of sp³-hybridized carbons (Fsp3) is 0. The summed E-state index contributed by atoms with van der Waals surface area (Å²) in [6.07, 6.45) is 0. The second kappa shape index (κ2) is 6.88. The van der Waals surface area contributed by atoms with Gasteiger partial charge < -0.3 is 4.18 Å². The van der Waals surface area contributed by atoms with E-state index in [1.807, 2.05) is 0 Å². The third-order valence-corrected chi connectivity index (χ3v) is 8.63. The van der Waals surface area contributed by atoms with Gasteiger partial charge in [0.2, 0.25) is 0 Å². The molecular weight excluding hydrogens is 579 g/mol. The minimum atomic E-state index is -3.95. The van der Waals surface area contributed by atoms with E-state index in [1.165, 1.54) is 12.1 Å². The maximum absolute atomic E-state index is 12.3. The standard InChI is InChI=1S/C12H5Br4ClO3S/c13-7-9(15)12(10(16)8(14)11(7)17)20-21(18,19)6-4-2-1-3-5-6/h1-5H. The monoisotopic (exact) mass is 580 g/mol. The third kappa shape index (κ3) is 3.67. The van der Waals surface area contributed by atoms with Gasteiger partial charge in [-0.1, -0.05) is 29.8 Å². The molecule has 0 aromatic heterocycles. The normalized spacial score (nSPS) is 11.5. The van der Waals surface area contributed by atoms with Gasteiger partial charge in [-0.3, -0.25) is 0 Å². The van der Waals surface area contributed by atoms with E-state index in [9.17, 15) is 8.42 Å². The lowest BCUT2D eigenvalue weighted by Gasteiger charge is -2.14. The van der Waals surface area contributed by atoms with Gasteiger partial charge in [0, 0.05) is 0 Å². The highest BCUT2D eigenvalue weighted by Crippen LogP contribution is 2.49. The van der Waals surface area contributed by atoms with E-state index < -0.39 is 10.1 Å². The molecule has 0 bridgehead atoms. The van der Waals surface area contributed by atoms with Crippen LogP contribution in [0.3, 0.4) is 0 Å². The van der Waals surface area contributed by atoms with Crippen LogP contribution >= 0.6 is 75.3 Å². The number of rotatable bonds is 3. The van der Waals surface area contributed by atoms with E-state index >= 15 is 0 Å². The fourth-order valence-electron chi connectivity index (χ4n) is 1.40. The molecule has 0 saturated heterocycles. The first-order chi connectivity index (χ1) is 9.75. The largest absolute Gasteiger partial charge is 0.376 e. The first-order valence-electron chi connectivity index (χ1n) is 5.26. The molecule has 0 saturated carbocycles. The predicted octanol–water partition coefficient (Wildman–Crippen LogP) is 6.16. The fourth-order valence-corrected chi connectivity index (χ4v) is 5.25. The van der Waals surface area contributed by atoms with Crippen LogP contribution in [0.25, 0.3) is 0 Å². The van der Waals surface area contributed by atoms with Crippen LogP contribution < -0.4 is 4.18 Å². The smallest absolute Gasteiger partial charge is 0.339 e. The van der Waals surface area contributed by atoms with Gasteiger partial charge in [0.1, 0.15) is 4.90 Å². The van der Waals surface area contributed by atoms with Crippen LogP contribution in [-0.4, -0.2) is 8.42 Å². The summed E-state index contributed by atoms with van der Waals surface area (Å²) < 4.78 is 31.5. The molecule has 2 rings (SSSR count). The molecule has 21 heavy (non-hydrogen) atoms. The quantitative estimate of drug-likeness (QED) is 0.247. The van der Waals surface area contributed by atoms with Crippen LogP contribution in [-0.2, 0) is 10.1 Å². The molecule has 0 heterocycles. The Morgan fingerprint density at radius 2 is 1.33 bits per heavy atom. The zero-order valence-corrected chi connectivity index (χ0v) is 17.8. The highest BCUT2D eigenvalue weighted by molar-refractivity contribution is 9.14. The molecule has 112 valence electrons. The molecule has 0 aliphatic carbocycles. The SMILES string of the molecule is O=S(=O)(Oc1c(Br)c(Br)c(Cl)c(Br)c1Br)c1ccccc1. The number of hydrogen-bond donors (Lipinski definition) is 0. The van der Waals surface area contributed by atoms with Crippen molar-refractivity contribution in [1.29, 1.82) is 0 Å². The Balaban J connectivity index is 2.55. The molecule has 0 spiro atoms. The van der Waals surface area contributed by atoms with Gasteiger partial charge in [-0.05, 0) is 75.9 Å². The Kier molecular flexibility index (Phi) is 5.82. The first-order valence-corrected chi connectivity index (χ1v) is 10.2. The molecule has 0 radical (unpaired) electrons. The predicted molar refractivity (Wildman–Crippen MR) is 96.5 cm³/mol. The molecule has 2 aromatic carbocycles. The molecular formula is C12H5Br4ClO3S. The van der Waals surface area contributed by atoms with E-state index in [0.717, 1.165) is 0 Å². The van der Waals surface area contributed by atoms with Crippen molar-refractivity contribution in [2.24, 2.45) is 0 Å². The van der Waals surface area contributed by atoms with E-state index in [1.54, 1.807) is 18.2 Å². The van der Waals surface area contributed by atoms with Crippen LogP contribution in [0.15, 0.2) is 53.1 Å². The molecule has 9 heteroatoms. The van der Waals surface area contributed by atoms with Gasteiger partial charge in [0.15, 0.2) is 5.75 Å². The van der Waals surface area contributed by atoms with Gasteiger partial charge >= 0.3 is 10.1 Å². The number of halogens is 5. The van der Waals surface area contributed by atoms with Crippen molar-refractivity contribution >= 4 is 85.4 Å². The van der Waals surface area contributed by atoms with Crippen LogP contribution in [0.5, 0.6) is 5.75 Å². The summed E-state index contributed by atoms with van der Waals surface area (Å²) in [5.74, 6) is 0.0991. The minimum Gasteiger partial charge on any atom is -0.376 e. The van der Waals surface area contributed by atoms with Crippen molar-refractivity contribution in [3.63, 3.8) is 0 Å². The van der Waals surface area contributed by atoms with Gasteiger partial charge in [-0.15, -0.1) is 0 Å². The Bertz CT molecular complexity index is 765. The van der Waals surface area contributed by atoms with Gasteiger partial charge in [-0.25, -0.2) is 0 Å². The Morgan fingerprint density at radius 1 is 0.857 bits per heavy atom. The average molecular weight is 584 g/mol. The van der Waals surface area contributed by atoms with Gasteiger partial charge in [0.25, 0.3) is 0 Å². The van der Waals surface area contributed by atoms with E-state index in [0.29, 0.717) is 22.9 Å². The zero-order chi connectivity index (χ0) is 15.8. The average Bonchev–Trinajstić information content (AvgIpc) is 2.48. The van der Waals surface area contributed by atoms with Crippen molar-refractivity contribution in [3.05, 3.63) is 53.2 Å². The highest BCUT2D eigenvalue weighted by atomic mass is 79.9. The van der Waals surface area contributed by atoms with E-state index in [-0.39, 0.29) is 10.6 Å². The number of hydrogen-bond acceptors (Lipinski definition) is 3. The lowest BCUT2D eigenvalue weighted by molar-refractivity contribution is 0.482. The molecule has 0 N–H and O–H groups in total. The molecule has 0 aliphatic heterocycles. The second-order valence-electron chi connectivity index (χ2n) is 3.75. The molecule has 0 aliphatic rings. The topological polar surface area (TPSA) is 43.4 Å². The molecule has 0 atom stereocenters. The van der Waals surface area contributed by atoms with Crippen LogP contribution in [0.4, 0.5) is 0 Å². The van der Waals surface area contributed by atoms with Crippen molar-refractivity contribution < 1.29 is 12.6 Å². The Labute approximate surface area is 160 Å². The molecule has 0 amide bonds. The molecule has 2 aromatic rings. The maximum atomic E-state index is 12.3. The second-order valence-corrected chi connectivity index (χ2v) is 8.85. The summed E-state index contributed by atoms with van der Waals surface area (Å²) >= 11 is 19.2. The summed E-state index contributed by atoms with van der Waals surface area (Å²) in [5, 5.41) is 0.387. The minimum absolute atomic E-state index is 0.0611. The van der Waals surface area contributed by atoms with E-state index in [2.05, 4.69) is 63.7 Å². The van der Waals surface area contributed by atoms with E-state index in [4.69, 9.17) is 15.8 Å². The molecule has 3 nitrogen and oxygen atoms in total. The Hall–Kier alpha value is 0.400. The van der Waals surface area contributed by atoms with Crippen molar-refractivity contribution in [3.8, 4) is 5.75 Å². The third-order valence-electron chi connectivity index (χ3n) is 2.39. The molecule has 0 unspecified atom stereocenters. The number of benzene rings is 2. The Morgan fingerprint density at radius 3 is 1.81 bits per heavy atom. The highest BCUT2D eigenvalue weighted by Gasteiger charge is 2.24. The van der Waals surface area contributed by atoms with Crippen LogP contribution in [0, 0.1) is 0 Å². The van der Waals surface area contributed by atoms with Crippen LogP contribution in [0.1, 0.15) is 0 Å². The summed E-state index contributed by atoms with van der Waals surface area (Å²) in [4.78, 5) is 0.0611. The maximum Gasteiger partial charge on any atom is 0.339 e. The van der Waals surface area contributed by atoms with Gasteiger partial charge in [-0.2, -0.15) is 8.42 Å². The summed E-state index contributed by atoms with van der Waals surface area (Å²) in [5.41, 5.74) is 0. The molecule has 0 fully saturated rings. The lowest BCUT2D eigenvalue weighted by atomic mass is 10.3.